The lowest BCUT2D eigenvalue weighted by Gasteiger charge is -2.23. The van der Waals surface area contributed by atoms with E-state index in [4.69, 9.17) is 0 Å². The first-order valence-electron chi connectivity index (χ1n) is 8.45. The molecule has 0 unspecified atom stereocenters. The maximum absolute atomic E-state index is 14.0. The number of likely N-dealkylation sites (N-methyl/N-ethyl adjacent to an activating group) is 1. The Balaban J connectivity index is 1.69. The average molecular weight is 345 g/mol. The second-order valence-corrected chi connectivity index (χ2v) is 7.49. The Labute approximate surface area is 147 Å². The number of anilines is 1. The van der Waals surface area contributed by atoms with Crippen LogP contribution in [0, 0.1) is 5.82 Å². The number of nitrogens with zero attached hydrogens (tertiary/aromatic N) is 5. The van der Waals surface area contributed by atoms with Crippen molar-refractivity contribution in [2.45, 2.75) is 45.3 Å². The van der Waals surface area contributed by atoms with E-state index in [1.54, 1.807) is 18.2 Å². The van der Waals surface area contributed by atoms with Crippen LogP contribution in [0.3, 0.4) is 0 Å². The summed E-state index contributed by atoms with van der Waals surface area (Å²) in [5.41, 5.74) is 1.03. The Morgan fingerprint density at radius 1 is 1.32 bits per heavy atom. The molecule has 1 amide bonds. The van der Waals surface area contributed by atoms with Crippen LogP contribution in [0.4, 0.5) is 10.1 Å². The molecule has 0 aliphatic carbocycles. The molecular formula is C18H24FN5O. The van der Waals surface area contributed by atoms with Crippen LogP contribution < -0.4 is 4.90 Å². The molecule has 1 fully saturated rings. The lowest BCUT2D eigenvalue weighted by molar-refractivity contribution is -0.121. The predicted molar refractivity (Wildman–Crippen MR) is 93.6 cm³/mol. The van der Waals surface area contributed by atoms with Crippen LogP contribution in [0.15, 0.2) is 30.5 Å². The van der Waals surface area contributed by atoms with Crippen molar-refractivity contribution in [1.29, 1.82) is 0 Å². The van der Waals surface area contributed by atoms with Crippen LogP contribution in [-0.4, -0.2) is 45.4 Å². The third kappa shape index (κ3) is 3.56. The molecule has 6 nitrogen and oxygen atoms in total. The molecule has 0 saturated carbocycles. The van der Waals surface area contributed by atoms with Gasteiger partial charge in [-0.15, -0.1) is 5.10 Å². The summed E-state index contributed by atoms with van der Waals surface area (Å²) in [6, 6.07) is 6.11. The van der Waals surface area contributed by atoms with Crippen molar-refractivity contribution in [2.75, 3.05) is 18.5 Å². The van der Waals surface area contributed by atoms with Gasteiger partial charge in [0.15, 0.2) is 0 Å². The predicted octanol–water partition coefficient (Wildman–Crippen LogP) is 2.41. The number of amides is 1. The lowest BCUT2D eigenvalue weighted by atomic mass is 10.1. The van der Waals surface area contributed by atoms with Gasteiger partial charge in [0.05, 0.1) is 29.2 Å². The summed E-state index contributed by atoms with van der Waals surface area (Å²) in [5, 5.41) is 8.35. The summed E-state index contributed by atoms with van der Waals surface area (Å²) in [4.78, 5) is 16.2. The Morgan fingerprint density at radius 3 is 2.68 bits per heavy atom. The van der Waals surface area contributed by atoms with E-state index in [0.717, 1.165) is 5.69 Å². The summed E-state index contributed by atoms with van der Waals surface area (Å²) in [6.07, 6.45) is 2.57. The van der Waals surface area contributed by atoms with Gasteiger partial charge in [0.2, 0.25) is 5.91 Å². The molecule has 1 aromatic heterocycles. The third-order valence-corrected chi connectivity index (χ3v) is 4.49. The molecule has 25 heavy (non-hydrogen) atoms. The number of para-hydroxylation sites is 1. The highest BCUT2D eigenvalue weighted by atomic mass is 19.1. The number of aromatic nitrogens is 3. The Kier molecular flexibility index (Phi) is 4.60. The molecule has 0 radical (unpaired) electrons. The standard InChI is InChI=1S/C18H24FN5O/c1-18(2,3)24-12-13(20-21-24)11-22(4)16-9-10-23(17(16)25)15-8-6-5-7-14(15)19/h5-8,12,16H,9-11H2,1-4H3/t16-/m1/s1. The Morgan fingerprint density at radius 2 is 2.04 bits per heavy atom. The van der Waals surface area contributed by atoms with E-state index in [1.807, 2.05) is 22.8 Å². The summed E-state index contributed by atoms with van der Waals surface area (Å²) in [6.45, 7) is 7.22. The van der Waals surface area contributed by atoms with E-state index < -0.39 is 0 Å². The number of carbonyl (C=O) groups excluding carboxylic acids is 1. The fourth-order valence-electron chi connectivity index (χ4n) is 3.05. The van der Waals surface area contributed by atoms with Gasteiger partial charge < -0.3 is 4.90 Å². The minimum absolute atomic E-state index is 0.0733. The quantitative estimate of drug-likeness (QED) is 0.854. The largest absolute Gasteiger partial charge is 0.308 e. The fraction of sp³-hybridized carbons (Fsp3) is 0.500. The maximum Gasteiger partial charge on any atom is 0.244 e. The molecule has 1 aliphatic rings. The van der Waals surface area contributed by atoms with Crippen molar-refractivity contribution in [3.8, 4) is 0 Å². The van der Waals surface area contributed by atoms with Gasteiger partial charge in [-0.25, -0.2) is 9.07 Å². The van der Waals surface area contributed by atoms with E-state index in [1.165, 1.54) is 11.0 Å². The maximum atomic E-state index is 14.0. The minimum atomic E-state index is -0.368. The zero-order valence-corrected chi connectivity index (χ0v) is 15.1. The normalized spacial score (nSPS) is 18.4. The molecule has 0 bridgehead atoms. The highest BCUT2D eigenvalue weighted by Gasteiger charge is 2.36. The number of carbonyl (C=O) groups is 1. The molecule has 0 N–H and O–H groups in total. The Bertz CT molecular complexity index is 767. The topological polar surface area (TPSA) is 54.3 Å². The Hall–Kier alpha value is -2.28. The van der Waals surface area contributed by atoms with Gasteiger partial charge in [0.25, 0.3) is 0 Å². The van der Waals surface area contributed by atoms with Gasteiger partial charge in [0, 0.05) is 13.1 Å². The van der Waals surface area contributed by atoms with Gasteiger partial charge in [-0.2, -0.15) is 0 Å². The van der Waals surface area contributed by atoms with Crippen LogP contribution >= 0.6 is 0 Å². The van der Waals surface area contributed by atoms with Crippen LogP contribution in [0.25, 0.3) is 0 Å². The van der Waals surface area contributed by atoms with Crippen LogP contribution in [0.2, 0.25) is 0 Å². The third-order valence-electron chi connectivity index (χ3n) is 4.49. The van der Waals surface area contributed by atoms with Crippen molar-refractivity contribution >= 4 is 11.6 Å². The lowest BCUT2D eigenvalue weighted by Crippen LogP contribution is -2.39. The molecule has 1 saturated heterocycles. The monoisotopic (exact) mass is 345 g/mol. The van der Waals surface area contributed by atoms with Crippen molar-refractivity contribution in [1.82, 2.24) is 19.9 Å². The highest BCUT2D eigenvalue weighted by Crippen LogP contribution is 2.26. The molecule has 1 aliphatic heterocycles. The van der Waals surface area contributed by atoms with Gasteiger partial charge in [0.1, 0.15) is 5.82 Å². The number of rotatable bonds is 4. The fourth-order valence-corrected chi connectivity index (χ4v) is 3.05. The zero-order chi connectivity index (χ0) is 18.2. The zero-order valence-electron chi connectivity index (χ0n) is 15.1. The first kappa shape index (κ1) is 17.5. The van der Waals surface area contributed by atoms with Crippen LogP contribution in [0.1, 0.15) is 32.9 Å². The number of hydrogen-bond donors (Lipinski definition) is 0. The van der Waals surface area contributed by atoms with Gasteiger partial charge >= 0.3 is 0 Å². The summed E-state index contributed by atoms with van der Waals surface area (Å²) in [7, 11) is 1.89. The molecule has 1 aromatic carbocycles. The van der Waals surface area contributed by atoms with Gasteiger partial charge in [-0.3, -0.25) is 9.69 Å². The smallest absolute Gasteiger partial charge is 0.244 e. The van der Waals surface area contributed by atoms with Crippen molar-refractivity contribution in [3.05, 3.63) is 42.0 Å². The molecule has 7 heteroatoms. The molecule has 0 spiro atoms. The molecule has 134 valence electrons. The molecule has 1 atom stereocenters. The minimum Gasteiger partial charge on any atom is -0.308 e. The average Bonchev–Trinajstić information content (AvgIpc) is 3.14. The molecular weight excluding hydrogens is 321 g/mol. The van der Waals surface area contributed by atoms with Crippen molar-refractivity contribution < 1.29 is 9.18 Å². The molecule has 2 heterocycles. The second kappa shape index (κ2) is 6.55. The van der Waals surface area contributed by atoms with Gasteiger partial charge in [-0.1, -0.05) is 17.3 Å². The summed E-state index contributed by atoms with van der Waals surface area (Å²) >= 11 is 0. The molecule has 3 rings (SSSR count). The van der Waals surface area contributed by atoms with Crippen molar-refractivity contribution in [2.24, 2.45) is 0 Å². The van der Waals surface area contributed by atoms with Crippen molar-refractivity contribution in [3.63, 3.8) is 0 Å². The summed E-state index contributed by atoms with van der Waals surface area (Å²) in [5.74, 6) is -0.442. The van der Waals surface area contributed by atoms with Crippen LogP contribution in [0.5, 0.6) is 0 Å². The molecule has 2 aromatic rings. The number of hydrogen-bond acceptors (Lipinski definition) is 4. The van der Waals surface area contributed by atoms with E-state index in [9.17, 15) is 9.18 Å². The van der Waals surface area contributed by atoms with Gasteiger partial charge in [-0.05, 0) is 46.4 Å². The summed E-state index contributed by atoms with van der Waals surface area (Å²) < 4.78 is 15.8. The van der Waals surface area contributed by atoms with E-state index >= 15 is 0 Å². The van der Waals surface area contributed by atoms with E-state index in [0.29, 0.717) is 25.2 Å². The number of benzene rings is 1. The highest BCUT2D eigenvalue weighted by molar-refractivity contribution is 5.99. The first-order valence-corrected chi connectivity index (χ1v) is 8.45. The van der Waals surface area contributed by atoms with E-state index in [2.05, 4.69) is 31.1 Å². The second-order valence-electron chi connectivity index (χ2n) is 7.49. The SMILES string of the molecule is CN(Cc1cn(C(C)(C)C)nn1)[C@@H]1CCN(c2ccccc2F)C1=O. The van der Waals surface area contributed by atoms with E-state index in [-0.39, 0.29) is 23.3 Å². The number of halogens is 1. The van der Waals surface area contributed by atoms with Crippen LogP contribution in [-0.2, 0) is 16.9 Å². The first-order chi connectivity index (χ1) is 11.8.